The number of carboxylic acid groups (broad SMARTS) is 1. The summed E-state index contributed by atoms with van der Waals surface area (Å²) in [6.45, 7) is 12.8. The number of esters is 1. The van der Waals surface area contributed by atoms with Crippen LogP contribution in [0.5, 0.6) is 0 Å². The average Bonchev–Trinajstić information content (AvgIpc) is 3.47. The number of aliphatic hydroxyl groups is 2. The van der Waals surface area contributed by atoms with Gasteiger partial charge in [0, 0.05) is 35.4 Å². The average molecular weight is 761 g/mol. The minimum Gasteiger partial charge on any atom is -0.481 e. The fraction of sp³-hybridized carbons (Fsp3) is 0.743. The van der Waals surface area contributed by atoms with Gasteiger partial charge in [-0.15, -0.1) is 11.3 Å². The van der Waals surface area contributed by atoms with Gasteiger partial charge >= 0.3 is 18.1 Å². The van der Waals surface area contributed by atoms with E-state index < -0.39 is 53.7 Å². The van der Waals surface area contributed by atoms with Crippen LogP contribution in [0.1, 0.15) is 90.8 Å². The Bertz CT molecular complexity index is 1270. The Balaban J connectivity index is 2.08. The van der Waals surface area contributed by atoms with Crippen molar-refractivity contribution >= 4 is 62.9 Å². The first-order valence-electron chi connectivity index (χ1n) is 17.2. The maximum Gasteiger partial charge on any atom is 0.508 e. The monoisotopic (exact) mass is 760 g/mol. The third kappa shape index (κ3) is 15.2. The predicted octanol–water partition coefficient (Wildman–Crippen LogP) is 5.92. The van der Waals surface area contributed by atoms with Crippen LogP contribution in [0.4, 0.5) is 4.79 Å². The third-order valence-corrected chi connectivity index (χ3v) is 12.4. The van der Waals surface area contributed by atoms with Crippen molar-refractivity contribution in [2.75, 3.05) is 31.3 Å². The number of aliphatic carboxylic acids is 1. The van der Waals surface area contributed by atoms with Crippen molar-refractivity contribution in [3.63, 3.8) is 0 Å². The van der Waals surface area contributed by atoms with Crippen LogP contribution in [0.15, 0.2) is 11.0 Å². The van der Waals surface area contributed by atoms with Crippen molar-refractivity contribution < 1.29 is 48.7 Å². The Hall–Kier alpha value is -2.17. The number of nitrogens with zero attached hydrogens (tertiary/aromatic N) is 1. The molecule has 1 aromatic rings. The lowest BCUT2D eigenvalue weighted by molar-refractivity contribution is -0.154. The van der Waals surface area contributed by atoms with E-state index in [-0.39, 0.29) is 37.4 Å². The second kappa shape index (κ2) is 22.0. The molecule has 1 fully saturated rings. The zero-order chi connectivity index (χ0) is 37.4. The lowest BCUT2D eigenvalue weighted by Gasteiger charge is -2.34. The molecule has 0 bridgehead atoms. The van der Waals surface area contributed by atoms with Crippen LogP contribution in [0, 0.1) is 30.1 Å². The maximum absolute atomic E-state index is 13.4. The van der Waals surface area contributed by atoms with Gasteiger partial charge in [0.15, 0.2) is 0 Å². The molecule has 284 valence electrons. The van der Waals surface area contributed by atoms with Gasteiger partial charge in [-0.3, -0.25) is 14.4 Å². The van der Waals surface area contributed by atoms with Crippen molar-refractivity contribution in [2.45, 2.75) is 111 Å². The van der Waals surface area contributed by atoms with Crippen LogP contribution in [0.2, 0.25) is 0 Å². The number of hydrogen-bond donors (Lipinski definition) is 4. The van der Waals surface area contributed by atoms with Gasteiger partial charge in [-0.05, 0) is 57.1 Å². The molecule has 1 aliphatic heterocycles. The molecule has 0 amide bonds. The van der Waals surface area contributed by atoms with E-state index in [1.807, 2.05) is 32.2 Å². The maximum atomic E-state index is 13.4. The van der Waals surface area contributed by atoms with Crippen LogP contribution in [0.3, 0.4) is 0 Å². The van der Waals surface area contributed by atoms with E-state index in [2.05, 4.69) is 10.3 Å². The number of aryl methyl sites for hydroxylation is 1. The highest BCUT2D eigenvalue weighted by molar-refractivity contribution is 8.76. The van der Waals surface area contributed by atoms with Gasteiger partial charge < -0.3 is 34.8 Å². The number of carbonyl (C=O) groups is 4. The molecule has 15 heteroatoms. The van der Waals surface area contributed by atoms with E-state index in [0.29, 0.717) is 37.3 Å². The van der Waals surface area contributed by atoms with Crippen LogP contribution in [-0.4, -0.2) is 99.8 Å². The molecule has 0 saturated carbocycles. The fourth-order valence-electron chi connectivity index (χ4n) is 5.61. The molecule has 0 radical (unpaired) electrons. The molecular formula is C35H56N2O10S3. The lowest BCUT2D eigenvalue weighted by atomic mass is 9.73. The molecule has 0 aromatic carbocycles. The Morgan fingerprint density at radius 2 is 1.84 bits per heavy atom. The molecule has 2 heterocycles. The highest BCUT2D eigenvalue weighted by Crippen LogP contribution is 2.33. The van der Waals surface area contributed by atoms with E-state index >= 15 is 0 Å². The number of ether oxygens (including phenoxy) is 3. The smallest absolute Gasteiger partial charge is 0.481 e. The molecule has 1 aromatic heterocycles. The molecule has 50 heavy (non-hydrogen) atoms. The van der Waals surface area contributed by atoms with Crippen molar-refractivity contribution in [2.24, 2.45) is 23.2 Å². The molecule has 4 N–H and O–H groups in total. The van der Waals surface area contributed by atoms with E-state index in [1.54, 1.807) is 27.7 Å². The molecule has 1 aliphatic rings. The molecule has 1 saturated heterocycles. The summed E-state index contributed by atoms with van der Waals surface area (Å²) >= 11 is 1.52. The number of ketones is 1. The minimum absolute atomic E-state index is 0.0346. The number of cyclic esters (lactones) is 1. The quantitative estimate of drug-likeness (QED) is 0.106. The zero-order valence-electron chi connectivity index (χ0n) is 30.3. The highest BCUT2D eigenvalue weighted by atomic mass is 33.1. The number of Topliss-reactive ketones (excluding diaryl/α,β-unsaturated/α-hetero) is 1. The Kier molecular flexibility index (Phi) is 19.4. The SMILES string of the molecule is C/C(=C\c1csc(C)n1)C1CCC(NCCOC(=O)OCCSSCC(C)C(=O)O)CCCC(C)C(O)C(C)C(=O)C(C)(C)C(O)CC(=O)O1. The van der Waals surface area contributed by atoms with Gasteiger partial charge in [-0.25, -0.2) is 9.78 Å². The summed E-state index contributed by atoms with van der Waals surface area (Å²) in [6.07, 6.45) is 1.21. The summed E-state index contributed by atoms with van der Waals surface area (Å²) in [5.74, 6) is -2.17. The van der Waals surface area contributed by atoms with Gasteiger partial charge in [0.25, 0.3) is 0 Å². The molecule has 7 atom stereocenters. The van der Waals surface area contributed by atoms with E-state index in [9.17, 15) is 29.4 Å². The van der Waals surface area contributed by atoms with Crippen molar-refractivity contribution in [3.05, 3.63) is 21.7 Å². The summed E-state index contributed by atoms with van der Waals surface area (Å²) in [7, 11) is 2.85. The van der Waals surface area contributed by atoms with Crippen molar-refractivity contribution in [3.8, 4) is 0 Å². The second-order valence-corrected chi connectivity index (χ2v) is 17.4. The number of aliphatic hydroxyl groups excluding tert-OH is 2. The van der Waals surface area contributed by atoms with E-state index in [1.165, 1.54) is 32.9 Å². The summed E-state index contributed by atoms with van der Waals surface area (Å²) in [5.41, 5.74) is 0.307. The van der Waals surface area contributed by atoms with Crippen molar-refractivity contribution in [1.82, 2.24) is 10.3 Å². The standard InChI is InChI=1S/C35H56N2O10S3/c1-21-9-8-10-26(36-13-14-45-34(44)46-15-16-49-50-19-23(3)33(42)43)11-12-28(22(2)17-27-20-48-25(5)37-27)47-30(39)18-29(38)35(6,7)32(41)24(4)31(21)40/h17,20-21,23-24,26,28-29,31,36,38,40H,8-16,18-19H2,1-7H3,(H,42,43)/b22-17+. The fourth-order valence-corrected chi connectivity index (χ4v) is 8.35. The second-order valence-electron chi connectivity index (χ2n) is 13.7. The van der Waals surface area contributed by atoms with Crippen molar-refractivity contribution in [1.29, 1.82) is 0 Å². The zero-order valence-corrected chi connectivity index (χ0v) is 32.8. The van der Waals surface area contributed by atoms with Crippen LogP contribution in [0.25, 0.3) is 6.08 Å². The Morgan fingerprint density at radius 1 is 1.14 bits per heavy atom. The Labute approximate surface area is 308 Å². The van der Waals surface area contributed by atoms with Crippen LogP contribution >= 0.6 is 32.9 Å². The van der Waals surface area contributed by atoms with Gasteiger partial charge in [0.2, 0.25) is 0 Å². The highest BCUT2D eigenvalue weighted by Gasteiger charge is 2.42. The summed E-state index contributed by atoms with van der Waals surface area (Å²) in [4.78, 5) is 54.1. The molecule has 12 nitrogen and oxygen atoms in total. The minimum atomic E-state index is -1.29. The molecular weight excluding hydrogens is 705 g/mol. The van der Waals surface area contributed by atoms with E-state index in [4.69, 9.17) is 19.3 Å². The van der Waals surface area contributed by atoms with E-state index in [0.717, 1.165) is 29.1 Å². The number of rotatable bonds is 13. The van der Waals surface area contributed by atoms with Crippen LogP contribution < -0.4 is 5.32 Å². The summed E-state index contributed by atoms with van der Waals surface area (Å²) in [6, 6.07) is -0.0346. The van der Waals surface area contributed by atoms with Gasteiger partial charge in [-0.2, -0.15) is 0 Å². The predicted molar refractivity (Wildman–Crippen MR) is 198 cm³/mol. The molecule has 7 unspecified atom stereocenters. The van der Waals surface area contributed by atoms with Gasteiger partial charge in [-0.1, -0.05) is 62.6 Å². The number of nitrogens with one attached hydrogen (secondary N) is 1. The molecule has 2 rings (SSSR count). The topological polar surface area (TPSA) is 182 Å². The number of carboxylic acids is 1. The van der Waals surface area contributed by atoms with Gasteiger partial charge in [0.05, 0.1) is 40.7 Å². The number of aromatic nitrogens is 1. The first-order chi connectivity index (χ1) is 23.5. The Morgan fingerprint density at radius 3 is 2.50 bits per heavy atom. The third-order valence-electron chi connectivity index (χ3n) is 9.08. The summed E-state index contributed by atoms with van der Waals surface area (Å²) < 4.78 is 16.3. The first-order valence-corrected chi connectivity index (χ1v) is 20.6. The van der Waals surface area contributed by atoms with Crippen LogP contribution in [-0.2, 0) is 28.6 Å². The van der Waals surface area contributed by atoms with Gasteiger partial charge in [0.1, 0.15) is 25.1 Å². The lowest BCUT2D eigenvalue weighted by Crippen LogP contribution is -2.45. The normalized spacial score (nSPS) is 26.5. The summed E-state index contributed by atoms with van der Waals surface area (Å²) in [5, 5.41) is 37.3. The first kappa shape index (κ1) is 44.0. The number of thiazole rings is 1. The number of carbonyl (C=O) groups excluding carboxylic acids is 3. The molecule has 0 aliphatic carbocycles. The number of hydrogen-bond acceptors (Lipinski definition) is 14. The largest absolute Gasteiger partial charge is 0.508 e. The molecule has 0 spiro atoms.